The number of hydrogen-bond donors (Lipinski definition) is 2. The molecule has 110 valence electrons. The minimum atomic E-state index is 0.0402. The average molecular weight is 313 g/mol. The first-order valence-electron chi connectivity index (χ1n) is 7.09. The third-order valence-electron chi connectivity index (χ3n) is 3.80. The highest BCUT2D eigenvalue weighted by molar-refractivity contribution is 7.99. The van der Waals surface area contributed by atoms with Gasteiger partial charge in [0.05, 0.1) is 5.69 Å². The van der Waals surface area contributed by atoms with E-state index in [4.69, 9.17) is 17.3 Å². The Hall–Kier alpha value is -0.710. The molecule has 0 bridgehead atoms. The predicted octanol–water partition coefficient (Wildman–Crippen LogP) is 3.77. The fraction of sp³-hybridized carbons (Fsp3) is 0.533. The third kappa shape index (κ3) is 3.68. The van der Waals surface area contributed by atoms with Gasteiger partial charge < -0.3 is 11.1 Å². The highest BCUT2D eigenvalue weighted by atomic mass is 35.5. The van der Waals surface area contributed by atoms with Gasteiger partial charge in [-0.2, -0.15) is 0 Å². The van der Waals surface area contributed by atoms with Gasteiger partial charge in [-0.15, -0.1) is 11.8 Å². The van der Waals surface area contributed by atoms with E-state index in [9.17, 15) is 4.79 Å². The van der Waals surface area contributed by atoms with Crippen molar-refractivity contribution in [1.29, 1.82) is 0 Å². The Labute approximate surface area is 129 Å². The number of thioether (sulfide) groups is 1. The van der Waals surface area contributed by atoms with Crippen LogP contribution in [0.15, 0.2) is 23.1 Å². The molecule has 3 nitrogen and oxygen atoms in total. The van der Waals surface area contributed by atoms with Crippen LogP contribution < -0.4 is 11.1 Å². The van der Waals surface area contributed by atoms with Gasteiger partial charge in [-0.1, -0.05) is 24.9 Å². The van der Waals surface area contributed by atoms with E-state index in [1.54, 1.807) is 11.8 Å². The summed E-state index contributed by atoms with van der Waals surface area (Å²) in [6.07, 6.45) is 3.08. The standard InChI is InChI=1S/C15H21ClN2OS/c1-2-20-14-7-6-11(16)8-13(14)18-15(19)12-5-3-4-10(12)9-17/h6-8,10,12H,2-5,9,17H2,1H3,(H,18,19)/t10-,12-/m1/s1. The van der Waals surface area contributed by atoms with Gasteiger partial charge >= 0.3 is 0 Å². The molecule has 3 N–H and O–H groups in total. The second-order valence-corrected chi connectivity index (χ2v) is 6.84. The smallest absolute Gasteiger partial charge is 0.227 e. The number of carbonyl (C=O) groups is 1. The lowest BCUT2D eigenvalue weighted by Crippen LogP contribution is -2.29. The van der Waals surface area contributed by atoms with Crippen LogP contribution in [-0.2, 0) is 4.79 Å². The Morgan fingerprint density at radius 1 is 1.50 bits per heavy atom. The summed E-state index contributed by atoms with van der Waals surface area (Å²) in [5.74, 6) is 1.40. The summed E-state index contributed by atoms with van der Waals surface area (Å²) in [5, 5.41) is 3.68. The molecule has 1 aromatic carbocycles. The molecule has 0 saturated heterocycles. The van der Waals surface area contributed by atoms with E-state index in [2.05, 4.69) is 12.2 Å². The molecule has 1 aliphatic rings. The Kier molecular flexibility index (Phi) is 5.75. The highest BCUT2D eigenvalue weighted by Gasteiger charge is 2.32. The van der Waals surface area contributed by atoms with Gasteiger partial charge in [-0.05, 0) is 49.3 Å². The molecule has 20 heavy (non-hydrogen) atoms. The van der Waals surface area contributed by atoms with Crippen molar-refractivity contribution in [3.8, 4) is 0 Å². The zero-order chi connectivity index (χ0) is 14.5. The van der Waals surface area contributed by atoms with E-state index in [1.807, 2.05) is 18.2 Å². The van der Waals surface area contributed by atoms with Crippen molar-refractivity contribution in [3.05, 3.63) is 23.2 Å². The maximum absolute atomic E-state index is 12.4. The van der Waals surface area contributed by atoms with Crippen LogP contribution in [0.2, 0.25) is 5.02 Å². The van der Waals surface area contributed by atoms with Crippen LogP contribution in [-0.4, -0.2) is 18.2 Å². The number of hydrogen-bond acceptors (Lipinski definition) is 3. The van der Waals surface area contributed by atoms with Gasteiger partial charge in [-0.25, -0.2) is 0 Å². The lowest BCUT2D eigenvalue weighted by atomic mass is 9.95. The lowest BCUT2D eigenvalue weighted by molar-refractivity contribution is -0.120. The minimum Gasteiger partial charge on any atom is -0.330 e. The van der Waals surface area contributed by atoms with Gasteiger partial charge in [0.25, 0.3) is 0 Å². The molecule has 0 aliphatic heterocycles. The van der Waals surface area contributed by atoms with Crippen LogP contribution in [0, 0.1) is 11.8 Å². The quantitative estimate of drug-likeness (QED) is 0.814. The summed E-state index contributed by atoms with van der Waals surface area (Å²) in [5.41, 5.74) is 6.57. The second-order valence-electron chi connectivity index (χ2n) is 5.10. The van der Waals surface area contributed by atoms with Gasteiger partial charge in [0.1, 0.15) is 0 Å². The topological polar surface area (TPSA) is 55.1 Å². The Bertz CT molecular complexity index is 481. The average Bonchev–Trinajstić information content (AvgIpc) is 2.90. The number of rotatable bonds is 5. The van der Waals surface area contributed by atoms with Crippen LogP contribution in [0.5, 0.6) is 0 Å². The number of halogens is 1. The molecule has 0 radical (unpaired) electrons. The van der Waals surface area contributed by atoms with E-state index >= 15 is 0 Å². The van der Waals surface area contributed by atoms with Gasteiger partial charge in [-0.3, -0.25) is 4.79 Å². The molecule has 1 amide bonds. The SMILES string of the molecule is CCSc1ccc(Cl)cc1NC(=O)[C@@H]1CCC[C@@H]1CN. The van der Waals surface area contributed by atoms with Crippen LogP contribution in [0.1, 0.15) is 26.2 Å². The summed E-state index contributed by atoms with van der Waals surface area (Å²) in [4.78, 5) is 13.5. The van der Waals surface area contributed by atoms with E-state index in [1.165, 1.54) is 0 Å². The molecule has 0 spiro atoms. The summed E-state index contributed by atoms with van der Waals surface area (Å²) in [6.45, 7) is 2.68. The Morgan fingerprint density at radius 2 is 2.30 bits per heavy atom. The predicted molar refractivity (Wildman–Crippen MR) is 86.4 cm³/mol. The van der Waals surface area contributed by atoms with Crippen molar-refractivity contribution in [2.45, 2.75) is 31.1 Å². The lowest BCUT2D eigenvalue weighted by Gasteiger charge is -2.18. The molecule has 5 heteroatoms. The summed E-state index contributed by atoms with van der Waals surface area (Å²) in [7, 11) is 0. The molecule has 1 fully saturated rings. The second kappa shape index (κ2) is 7.34. The number of benzene rings is 1. The number of amides is 1. The highest BCUT2D eigenvalue weighted by Crippen LogP contribution is 2.34. The first kappa shape index (κ1) is 15.7. The molecular weight excluding hydrogens is 292 g/mol. The summed E-state index contributed by atoms with van der Waals surface area (Å²) < 4.78 is 0. The van der Waals surface area contributed by atoms with E-state index in [0.29, 0.717) is 17.5 Å². The fourth-order valence-corrected chi connectivity index (χ4v) is 3.68. The maximum atomic E-state index is 12.4. The zero-order valence-corrected chi connectivity index (χ0v) is 13.3. The van der Waals surface area contributed by atoms with Crippen molar-refractivity contribution in [2.75, 3.05) is 17.6 Å². The van der Waals surface area contributed by atoms with E-state index in [0.717, 1.165) is 35.6 Å². The van der Waals surface area contributed by atoms with E-state index < -0.39 is 0 Å². The molecule has 0 heterocycles. The minimum absolute atomic E-state index is 0.0402. The number of nitrogens with two attached hydrogens (primary N) is 1. The van der Waals surface area contributed by atoms with Crippen molar-refractivity contribution in [1.82, 2.24) is 0 Å². The Balaban J connectivity index is 2.12. The van der Waals surface area contributed by atoms with Crippen LogP contribution in [0.25, 0.3) is 0 Å². The molecular formula is C15H21ClN2OS. The Morgan fingerprint density at radius 3 is 3.00 bits per heavy atom. The van der Waals surface area contributed by atoms with Crippen molar-refractivity contribution in [3.63, 3.8) is 0 Å². The van der Waals surface area contributed by atoms with Crippen LogP contribution in [0.4, 0.5) is 5.69 Å². The third-order valence-corrected chi connectivity index (χ3v) is 4.99. The first-order valence-corrected chi connectivity index (χ1v) is 8.45. The molecule has 1 aromatic rings. The molecule has 0 aromatic heterocycles. The molecule has 1 saturated carbocycles. The van der Waals surface area contributed by atoms with Gasteiger partial charge in [0, 0.05) is 15.8 Å². The van der Waals surface area contributed by atoms with Crippen molar-refractivity contribution >= 4 is 35.0 Å². The van der Waals surface area contributed by atoms with Crippen LogP contribution in [0.3, 0.4) is 0 Å². The molecule has 2 rings (SSSR count). The van der Waals surface area contributed by atoms with Gasteiger partial charge in [0.15, 0.2) is 0 Å². The normalized spacial score (nSPS) is 21.9. The van der Waals surface area contributed by atoms with Crippen molar-refractivity contribution < 1.29 is 4.79 Å². The zero-order valence-electron chi connectivity index (χ0n) is 11.7. The molecule has 0 unspecified atom stereocenters. The van der Waals surface area contributed by atoms with Gasteiger partial charge in [0.2, 0.25) is 5.91 Å². The van der Waals surface area contributed by atoms with Crippen LogP contribution >= 0.6 is 23.4 Å². The largest absolute Gasteiger partial charge is 0.330 e. The molecule has 2 atom stereocenters. The van der Waals surface area contributed by atoms with E-state index in [-0.39, 0.29) is 11.8 Å². The first-order chi connectivity index (χ1) is 9.65. The molecule has 1 aliphatic carbocycles. The summed E-state index contributed by atoms with van der Waals surface area (Å²) in [6, 6.07) is 5.64. The van der Waals surface area contributed by atoms with Crippen molar-refractivity contribution in [2.24, 2.45) is 17.6 Å². The number of nitrogens with one attached hydrogen (secondary N) is 1. The summed E-state index contributed by atoms with van der Waals surface area (Å²) >= 11 is 7.74. The fourth-order valence-electron chi connectivity index (χ4n) is 2.77. The monoisotopic (exact) mass is 312 g/mol. The number of carbonyl (C=O) groups excluding carboxylic acids is 1. The number of anilines is 1. The maximum Gasteiger partial charge on any atom is 0.227 e.